The number of aryl methyl sites for hydroxylation is 3. The number of unbranched alkanes of at least 4 members (excludes halogenated alkanes) is 12. The number of phenolic OH excluding ortho intramolecular Hbond substituents is 3. The number of rotatable bonds is 31. The second kappa shape index (κ2) is 31.7. The summed E-state index contributed by atoms with van der Waals surface area (Å²) in [4.78, 5) is 42.1. The number of ether oxygens (including phenoxy) is 4. The van der Waals surface area contributed by atoms with Crippen molar-refractivity contribution >= 4 is 35.2 Å². The molecule has 0 aliphatic rings. The molecule has 11 heteroatoms. The van der Waals surface area contributed by atoms with E-state index in [0.29, 0.717) is 30.7 Å². The summed E-state index contributed by atoms with van der Waals surface area (Å²) in [5.74, 6) is -0.724. The normalized spacial score (nSPS) is 12.8. The van der Waals surface area contributed by atoms with Gasteiger partial charge in [0.2, 0.25) is 0 Å². The summed E-state index contributed by atoms with van der Waals surface area (Å²) in [6.07, 6.45) is 17.5. The third-order valence-electron chi connectivity index (χ3n) is 15.9. The van der Waals surface area contributed by atoms with Crippen LogP contribution in [0, 0.1) is 5.41 Å². The van der Waals surface area contributed by atoms with Crippen LogP contribution in [0.4, 0.5) is 0 Å². The predicted molar refractivity (Wildman–Crippen MR) is 346 cm³/mol. The molecule has 0 aliphatic heterocycles. The third kappa shape index (κ3) is 24.7. The highest BCUT2D eigenvalue weighted by molar-refractivity contribution is 7.80. The van der Waals surface area contributed by atoms with E-state index in [4.69, 9.17) is 31.2 Å². The lowest BCUT2D eigenvalue weighted by Gasteiger charge is -2.32. The Hall–Kier alpha value is -4.64. The van der Waals surface area contributed by atoms with Crippen LogP contribution in [0.5, 0.6) is 17.2 Å². The van der Waals surface area contributed by atoms with Gasteiger partial charge in [0.15, 0.2) is 5.05 Å². The Balaban J connectivity index is 1.96. The molecule has 0 aliphatic carbocycles. The van der Waals surface area contributed by atoms with E-state index in [-0.39, 0.29) is 95.4 Å². The van der Waals surface area contributed by atoms with Gasteiger partial charge in [-0.15, -0.1) is 0 Å². The van der Waals surface area contributed by atoms with Crippen molar-refractivity contribution in [3.05, 3.63) is 86.5 Å². The van der Waals surface area contributed by atoms with Crippen LogP contribution < -0.4 is 0 Å². The number of aromatic hydroxyl groups is 3. The topological polar surface area (TPSA) is 149 Å². The molecule has 10 nitrogen and oxygen atoms in total. The molecule has 3 rings (SSSR count). The van der Waals surface area contributed by atoms with Gasteiger partial charge in [0.1, 0.15) is 49.1 Å². The summed E-state index contributed by atoms with van der Waals surface area (Å²) in [6, 6.07) is 11.8. The zero-order valence-corrected chi connectivity index (χ0v) is 56.4. The second-order valence-electron chi connectivity index (χ2n) is 30.3. The minimum absolute atomic E-state index is 0.0192. The number of esters is 3. The van der Waals surface area contributed by atoms with Crippen molar-refractivity contribution < 1.29 is 48.7 Å². The summed E-state index contributed by atoms with van der Waals surface area (Å²) < 4.78 is 24.8. The van der Waals surface area contributed by atoms with E-state index in [2.05, 4.69) is 132 Å². The molecule has 468 valence electrons. The molecule has 0 unspecified atom stereocenters. The van der Waals surface area contributed by atoms with Gasteiger partial charge in [0.25, 0.3) is 0 Å². The van der Waals surface area contributed by atoms with Crippen LogP contribution in [0.1, 0.15) is 291 Å². The summed E-state index contributed by atoms with van der Waals surface area (Å²) in [5.41, 5.74) is 3.98. The zero-order chi connectivity index (χ0) is 62.8. The van der Waals surface area contributed by atoms with E-state index in [1.54, 1.807) is 0 Å². The molecular weight excluding hydrogens is 1060 g/mol. The molecule has 3 aromatic rings. The van der Waals surface area contributed by atoms with Crippen LogP contribution >= 0.6 is 12.2 Å². The van der Waals surface area contributed by atoms with E-state index in [0.717, 1.165) is 69.3 Å². The molecule has 0 saturated carbocycles. The number of phenols is 3. The number of thiocarbonyl (C=S) groups is 1. The largest absolute Gasteiger partial charge is 0.507 e. The number of benzene rings is 3. The smallest absolute Gasteiger partial charge is 0.306 e. The van der Waals surface area contributed by atoms with E-state index < -0.39 is 23.3 Å². The Kier molecular flexibility index (Phi) is 27.7. The summed E-state index contributed by atoms with van der Waals surface area (Å²) in [5, 5.41) is 34.6. The SMILES string of the molecule is CCCCCCCCCCCCCCCC(=S)OCC(COC(=O)CCc1cc(C(C)(C)C)c(O)c(C(C)(C)C)c1)(COC(=O)CCc1cc(C(C)(C)C)c(O)c(C(C)(C)C)c1)COC(=O)CCc1cc(C(C)(C)C)c(O)c(C(C)(C)C)c1. The molecule has 3 N–H and O–H groups in total. The quantitative estimate of drug-likeness (QED) is 0.0245. The molecule has 0 radical (unpaired) electrons. The first kappa shape index (κ1) is 72.6. The molecule has 0 heterocycles. The molecule has 0 spiro atoms. The molecule has 0 atom stereocenters. The van der Waals surface area contributed by atoms with Gasteiger partial charge in [-0.1, -0.05) is 245 Å². The Morgan fingerprint density at radius 3 is 0.795 bits per heavy atom. The molecule has 0 aromatic heterocycles. The Morgan fingerprint density at radius 1 is 0.349 bits per heavy atom. The standard InChI is InChI=1S/C72H114O10S/c1-20-21-22-23-24-25-26-27-28-29-30-31-32-33-62(83)82-49-72(46-79-59(73)37-34-50-40-53(66(2,3)4)63(76)54(41-50)67(5,6)7,47-80-60(74)38-35-51-42-55(68(8,9)10)64(77)56(43-51)69(11,12)13)48-81-61(75)39-36-52-44-57(70(14,15)16)65(78)58(45-52)71(17,18)19/h40-45,76-78H,20-39,46-49H2,1-19H3. The van der Waals surface area contributed by atoms with E-state index in [1.165, 1.54) is 64.2 Å². The van der Waals surface area contributed by atoms with Crippen molar-refractivity contribution in [3.63, 3.8) is 0 Å². The molecular formula is C72H114O10S. The van der Waals surface area contributed by atoms with Gasteiger partial charge in [-0.25, -0.2) is 0 Å². The minimum Gasteiger partial charge on any atom is -0.507 e. The highest BCUT2D eigenvalue weighted by Crippen LogP contribution is 2.43. The van der Waals surface area contributed by atoms with Crippen molar-refractivity contribution in [1.82, 2.24) is 0 Å². The first-order chi connectivity index (χ1) is 38.3. The maximum Gasteiger partial charge on any atom is 0.306 e. The van der Waals surface area contributed by atoms with Crippen LogP contribution in [-0.4, -0.2) is 64.7 Å². The molecule has 83 heavy (non-hydrogen) atoms. The monoisotopic (exact) mass is 1170 g/mol. The lowest BCUT2D eigenvalue weighted by atomic mass is 9.78. The number of carbonyl (C=O) groups is 3. The second-order valence-corrected chi connectivity index (χ2v) is 30.7. The van der Waals surface area contributed by atoms with Crippen LogP contribution in [0.25, 0.3) is 0 Å². The number of carbonyl (C=O) groups excluding carboxylic acids is 3. The van der Waals surface area contributed by atoms with Gasteiger partial charge < -0.3 is 34.3 Å². The van der Waals surface area contributed by atoms with Gasteiger partial charge in [0, 0.05) is 25.7 Å². The van der Waals surface area contributed by atoms with Crippen molar-refractivity contribution in [1.29, 1.82) is 0 Å². The van der Waals surface area contributed by atoms with Crippen molar-refractivity contribution in [2.45, 2.75) is 292 Å². The average molecular weight is 1170 g/mol. The Labute approximate surface area is 509 Å². The van der Waals surface area contributed by atoms with Gasteiger partial charge >= 0.3 is 17.9 Å². The molecule has 3 aromatic carbocycles. The molecule has 0 fully saturated rings. The fourth-order valence-corrected chi connectivity index (χ4v) is 10.6. The van der Waals surface area contributed by atoms with Gasteiger partial charge in [0.05, 0.1) is 0 Å². The van der Waals surface area contributed by atoms with Gasteiger partial charge in [-0.05, 0) is 120 Å². The van der Waals surface area contributed by atoms with Gasteiger partial charge in [-0.2, -0.15) is 0 Å². The maximum atomic E-state index is 14.0. The van der Waals surface area contributed by atoms with Crippen LogP contribution in [0.2, 0.25) is 0 Å². The summed E-state index contributed by atoms with van der Waals surface area (Å²) in [7, 11) is 0. The lowest BCUT2D eigenvalue weighted by Crippen LogP contribution is -2.44. The maximum absolute atomic E-state index is 14.0. The highest BCUT2D eigenvalue weighted by Gasteiger charge is 2.38. The third-order valence-corrected chi connectivity index (χ3v) is 16.2. The van der Waals surface area contributed by atoms with Crippen molar-refractivity contribution in [3.8, 4) is 17.2 Å². The molecule has 0 amide bonds. The summed E-state index contributed by atoms with van der Waals surface area (Å²) in [6.45, 7) is 38.2. The van der Waals surface area contributed by atoms with Gasteiger partial charge in [-0.3, -0.25) is 14.4 Å². The highest BCUT2D eigenvalue weighted by atomic mass is 32.1. The van der Waals surface area contributed by atoms with E-state index >= 15 is 0 Å². The Bertz CT molecular complexity index is 2220. The fourth-order valence-electron chi connectivity index (χ4n) is 10.4. The van der Waals surface area contributed by atoms with Crippen LogP contribution in [0.15, 0.2) is 36.4 Å². The number of hydrogen-bond acceptors (Lipinski definition) is 11. The first-order valence-corrected chi connectivity index (χ1v) is 31.9. The average Bonchev–Trinajstić information content (AvgIpc) is 3.52. The zero-order valence-electron chi connectivity index (χ0n) is 55.5. The first-order valence-electron chi connectivity index (χ1n) is 31.5. The lowest BCUT2D eigenvalue weighted by molar-refractivity contribution is -0.164. The van der Waals surface area contributed by atoms with Crippen molar-refractivity contribution in [2.75, 3.05) is 26.4 Å². The summed E-state index contributed by atoms with van der Waals surface area (Å²) >= 11 is 5.85. The van der Waals surface area contributed by atoms with E-state index in [1.807, 2.05) is 36.4 Å². The number of hydrogen-bond donors (Lipinski definition) is 3. The van der Waals surface area contributed by atoms with Crippen LogP contribution in [-0.2, 0) is 85.1 Å². The van der Waals surface area contributed by atoms with Crippen molar-refractivity contribution in [2.24, 2.45) is 5.41 Å². The molecule has 0 saturated heterocycles. The molecule has 0 bridgehead atoms. The van der Waals surface area contributed by atoms with E-state index in [9.17, 15) is 29.7 Å². The fraction of sp³-hybridized carbons (Fsp3) is 0.694. The Morgan fingerprint density at radius 2 is 0.566 bits per heavy atom. The van der Waals surface area contributed by atoms with Crippen LogP contribution in [0.3, 0.4) is 0 Å². The minimum atomic E-state index is -1.35. The predicted octanol–water partition coefficient (Wildman–Crippen LogP) is 18.2.